The molecule has 5 rings (SSSR count). The Morgan fingerprint density at radius 1 is 1.32 bits per heavy atom. The molecule has 1 aromatic heterocycles. The summed E-state index contributed by atoms with van der Waals surface area (Å²) in [6.45, 7) is -9.28. The van der Waals surface area contributed by atoms with Crippen molar-refractivity contribution >= 4 is 16.7 Å². The number of nitrogens with zero attached hydrogens (tertiary/aromatic N) is 1. The lowest BCUT2D eigenvalue weighted by molar-refractivity contribution is -0.286. The van der Waals surface area contributed by atoms with Crippen molar-refractivity contribution < 1.29 is 62.3 Å². The Hall–Kier alpha value is -3.04. The van der Waals surface area contributed by atoms with Crippen LogP contribution in [0.25, 0.3) is 10.9 Å². The fourth-order valence-corrected chi connectivity index (χ4v) is 3.69. The van der Waals surface area contributed by atoms with Gasteiger partial charge in [-0.3, -0.25) is 4.79 Å². The van der Waals surface area contributed by atoms with Gasteiger partial charge in [0.15, 0.2) is 11.5 Å². The van der Waals surface area contributed by atoms with Crippen LogP contribution in [0.3, 0.4) is 0 Å². The minimum absolute atomic E-state index is 0.0623. The molecule has 1 saturated carbocycles. The van der Waals surface area contributed by atoms with Crippen LogP contribution in [0.5, 0.6) is 11.5 Å². The second-order valence-electron chi connectivity index (χ2n) is 8.51. The summed E-state index contributed by atoms with van der Waals surface area (Å²) in [6.07, 6.45) is -17.8. The van der Waals surface area contributed by atoms with E-state index in [0.29, 0.717) is 0 Å². The van der Waals surface area contributed by atoms with Crippen LogP contribution in [0.1, 0.15) is 81.4 Å². The number of alkyl halides is 2. The molecule has 1 unspecified atom stereocenters. The summed E-state index contributed by atoms with van der Waals surface area (Å²) >= 11 is 0. The van der Waals surface area contributed by atoms with Crippen LogP contribution in [0.4, 0.5) is 13.2 Å². The summed E-state index contributed by atoms with van der Waals surface area (Å²) in [6, 6.07) is -8.01. The van der Waals surface area contributed by atoms with Crippen molar-refractivity contribution in [1.82, 2.24) is 4.57 Å². The molecule has 198 valence electrons. The molecule has 37 heavy (non-hydrogen) atoms. The molecule has 1 aliphatic carbocycles. The first-order valence-corrected chi connectivity index (χ1v) is 10.7. The first-order chi connectivity index (χ1) is 24.5. The topological polar surface area (TPSA) is 80.9 Å². The van der Waals surface area contributed by atoms with E-state index in [4.69, 9.17) is 24.7 Å². The van der Waals surface area contributed by atoms with E-state index in [2.05, 4.69) is 9.47 Å². The van der Waals surface area contributed by atoms with Crippen molar-refractivity contribution in [2.75, 3.05) is 6.56 Å². The zero-order valence-electron chi connectivity index (χ0n) is 37.1. The average molecular weight is 536 g/mol. The van der Waals surface area contributed by atoms with Gasteiger partial charge in [-0.25, -0.2) is 4.39 Å². The molecular weight excluding hydrogens is 487 g/mol. The summed E-state index contributed by atoms with van der Waals surface area (Å²) in [4.78, 5) is 14.3. The Bertz CT molecular complexity index is 2170. The Balaban J connectivity index is 1.86. The molecule has 0 amide bonds. The lowest BCUT2D eigenvalue weighted by Crippen LogP contribution is -2.26. The molecule has 1 fully saturated rings. The maximum absolute atomic E-state index is 16.5. The van der Waals surface area contributed by atoms with Crippen LogP contribution in [0.2, 0.25) is 0 Å². The lowest BCUT2D eigenvalue weighted by atomic mass is 9.86. The van der Waals surface area contributed by atoms with Crippen molar-refractivity contribution in [3.63, 3.8) is 0 Å². The minimum atomic E-state index is -4.50. The Kier molecular flexibility index (Phi) is 2.79. The summed E-state index contributed by atoms with van der Waals surface area (Å²) in [7, 11) is 0. The third-order valence-corrected chi connectivity index (χ3v) is 5.94. The van der Waals surface area contributed by atoms with Crippen LogP contribution in [-0.2, 0) is 28.5 Å². The normalized spacial score (nSPS) is 31.3. The Morgan fingerprint density at radius 3 is 2.70 bits per heavy atom. The quantitative estimate of drug-likeness (QED) is 0.404. The molecular formula is C28H30F3NO5. The fourth-order valence-electron chi connectivity index (χ4n) is 3.69. The number of carbonyl (C=O) groups is 1. The molecule has 0 spiro atoms. The second-order valence-corrected chi connectivity index (χ2v) is 8.51. The van der Waals surface area contributed by atoms with Crippen LogP contribution >= 0.6 is 0 Å². The fraction of sp³-hybridized carbons (Fsp3) is 0.464. The highest BCUT2D eigenvalue weighted by Gasteiger charge is 2.52. The van der Waals surface area contributed by atoms with E-state index >= 15 is 4.39 Å². The van der Waals surface area contributed by atoms with E-state index in [-0.39, 0.29) is 4.57 Å². The molecule has 1 aliphatic heterocycles. The highest BCUT2D eigenvalue weighted by molar-refractivity contribution is 5.95. The maximum atomic E-state index is 16.5. The van der Waals surface area contributed by atoms with Gasteiger partial charge in [0.05, 0.1) is 45.1 Å². The first kappa shape index (κ1) is 11.8. The van der Waals surface area contributed by atoms with Gasteiger partial charge in [0, 0.05) is 32.5 Å². The van der Waals surface area contributed by atoms with Crippen molar-refractivity contribution in [2.45, 2.75) is 76.0 Å². The molecule has 2 atom stereocenters. The monoisotopic (exact) mass is 535 g/mol. The molecule has 0 bridgehead atoms. The number of carbonyl (C=O) groups excluding carboxylic acids is 1. The lowest BCUT2D eigenvalue weighted by Gasteiger charge is -2.26. The number of aliphatic hydroxyl groups is 2. The highest BCUT2D eigenvalue weighted by atomic mass is 19.3. The van der Waals surface area contributed by atoms with E-state index in [1.807, 2.05) is 0 Å². The first-order valence-electron chi connectivity index (χ1n) is 19.7. The second kappa shape index (κ2) is 8.77. The van der Waals surface area contributed by atoms with E-state index in [9.17, 15) is 23.8 Å². The SMILES string of the molecule is [2H]c1c([2H])c(C2(C(=O)Cc3c(F)c([2H])c4c(c3[2H])c([2H])c(C(C)(CC)C([2H])([2H])[2H])n4C([2H])([2H])[C@@]([2H])(O)C([2H])([2H])O)C([2H])([2H])C2([2H])[2H])c([2H])c2c1OC(F)(F)O2. The van der Waals surface area contributed by atoms with Gasteiger partial charge in [0.2, 0.25) is 0 Å². The third-order valence-electron chi connectivity index (χ3n) is 5.94. The van der Waals surface area contributed by atoms with E-state index < -0.39 is 156 Å². The number of benzene rings is 2. The van der Waals surface area contributed by atoms with E-state index in [0.717, 1.165) is 6.92 Å². The van der Waals surface area contributed by atoms with Crippen LogP contribution < -0.4 is 9.47 Å². The largest absolute Gasteiger partial charge is 0.586 e. The van der Waals surface area contributed by atoms with Gasteiger partial charge < -0.3 is 24.3 Å². The molecule has 2 aromatic carbocycles. The third kappa shape index (κ3) is 4.48. The predicted octanol–water partition coefficient (Wildman–Crippen LogP) is 4.99. The number of Topliss-reactive ketones (excluding diaryl/α,β-unsaturated/α-hetero) is 1. The van der Waals surface area contributed by atoms with Gasteiger partial charge in [0.25, 0.3) is 0 Å². The molecule has 0 radical (unpaired) electrons. The van der Waals surface area contributed by atoms with Gasteiger partial charge >= 0.3 is 6.29 Å². The van der Waals surface area contributed by atoms with Gasteiger partial charge in [-0.05, 0) is 60.5 Å². The summed E-state index contributed by atoms with van der Waals surface area (Å²) < 4.78 is 203. The van der Waals surface area contributed by atoms with Crippen LogP contribution in [-0.4, -0.2) is 39.5 Å². The molecule has 6 nitrogen and oxygen atoms in total. The maximum Gasteiger partial charge on any atom is 0.586 e. The smallest absolute Gasteiger partial charge is 0.395 e. The molecule has 2 aliphatic rings. The van der Waals surface area contributed by atoms with Gasteiger partial charge in [-0.1, -0.05) is 26.7 Å². The van der Waals surface area contributed by atoms with Crippen LogP contribution in [0, 0.1) is 5.82 Å². The van der Waals surface area contributed by atoms with E-state index in [1.54, 1.807) is 0 Å². The molecule has 0 saturated heterocycles. The summed E-state index contributed by atoms with van der Waals surface area (Å²) in [5, 5.41) is 19.7. The number of rotatable bonds is 9. The number of halogens is 3. The van der Waals surface area contributed by atoms with Gasteiger partial charge in [-0.15, -0.1) is 8.78 Å². The van der Waals surface area contributed by atoms with Gasteiger partial charge in [0.1, 0.15) is 11.6 Å². The Labute approximate surface area is 237 Å². The summed E-state index contributed by atoms with van der Waals surface area (Å²) in [5.41, 5.74) is -10.6. The predicted molar refractivity (Wildman–Crippen MR) is 131 cm³/mol. The standard InChI is InChI=1S/C28H30F3NO5/c1-4-26(2,3)24-10-17-9-16(20(29)13-21(17)32(24)14-19(34)15-33)11-25(35)27(7-8-27)18-5-6-22-23(12-18)37-28(30,31)36-22/h5-6,9-10,12-13,19,33-34H,4,7-8,11,14-15H2,1-3H3/t19-/m1/s1/i2D3,5D,6D,7D2,8D2,9D,10D,12D,13D,14D2,15D2,19D/t19-,26?. The number of aromatic nitrogens is 1. The zero-order chi connectivity index (χ0) is 42.6. The Morgan fingerprint density at radius 2 is 2.05 bits per heavy atom. The van der Waals surface area contributed by atoms with Crippen molar-refractivity contribution in [3.8, 4) is 11.5 Å². The number of hydrogen-bond acceptors (Lipinski definition) is 5. The number of ketones is 1. The van der Waals surface area contributed by atoms with Crippen molar-refractivity contribution in [2.24, 2.45) is 0 Å². The molecule has 3 aromatic rings. The minimum Gasteiger partial charge on any atom is -0.395 e. The molecule has 9 heteroatoms. The average Bonchev–Trinajstić information content (AvgIpc) is 3.34. The number of hydrogen-bond donors (Lipinski definition) is 2. The van der Waals surface area contributed by atoms with Crippen molar-refractivity contribution in [1.29, 1.82) is 0 Å². The van der Waals surface area contributed by atoms with Gasteiger partial charge in [-0.2, -0.15) is 0 Å². The summed E-state index contributed by atoms with van der Waals surface area (Å²) in [5.74, 6) is -6.15. The zero-order valence-corrected chi connectivity index (χ0v) is 19.1. The highest BCUT2D eigenvalue weighted by Crippen LogP contribution is 2.52. The van der Waals surface area contributed by atoms with E-state index in [1.165, 1.54) is 6.92 Å². The van der Waals surface area contributed by atoms with Crippen LogP contribution in [0.15, 0.2) is 36.3 Å². The number of fused-ring (bicyclic) bond motifs is 2. The van der Waals surface area contributed by atoms with Crippen molar-refractivity contribution in [3.05, 3.63) is 58.9 Å². The molecule has 2 N–H and O–H groups in total. The number of ether oxygens (including phenoxy) is 2. The molecule has 2 heterocycles.